The van der Waals surface area contributed by atoms with Crippen molar-refractivity contribution in [2.24, 2.45) is 20.5 Å². The number of rotatable bonds is 8. The number of nitrogens with two attached hydrogens (primary N) is 1. The van der Waals surface area contributed by atoms with Crippen molar-refractivity contribution in [3.63, 3.8) is 0 Å². The van der Waals surface area contributed by atoms with Gasteiger partial charge < -0.3 is 10.8 Å². The molecule has 238 valence electrons. The Morgan fingerprint density at radius 2 is 1.22 bits per heavy atom. The van der Waals surface area contributed by atoms with Gasteiger partial charge in [0, 0.05) is 10.8 Å². The van der Waals surface area contributed by atoms with Crippen LogP contribution in [0.2, 0.25) is 0 Å². The Morgan fingerprint density at radius 1 is 0.600 bits per heavy atom. The van der Waals surface area contributed by atoms with Crippen molar-refractivity contribution < 1.29 is 57.0 Å². The lowest BCUT2D eigenvalue weighted by molar-refractivity contribution is 0.471. The highest BCUT2D eigenvalue weighted by Crippen LogP contribution is 2.44. The summed E-state index contributed by atoms with van der Waals surface area (Å²) in [4.78, 5) is -3.53. The van der Waals surface area contributed by atoms with Crippen molar-refractivity contribution in [1.82, 2.24) is 0 Å². The van der Waals surface area contributed by atoms with Gasteiger partial charge in [0.15, 0.2) is 5.75 Å². The van der Waals surface area contributed by atoms with Crippen LogP contribution in [0, 0.1) is 6.92 Å². The molecular formula is C23H19N5O13S4. The first kappa shape index (κ1) is 33.5. The van der Waals surface area contributed by atoms with Crippen molar-refractivity contribution in [1.29, 1.82) is 0 Å². The van der Waals surface area contributed by atoms with Gasteiger partial charge in [-0.1, -0.05) is 0 Å². The minimum atomic E-state index is -5.17. The van der Waals surface area contributed by atoms with Gasteiger partial charge in [-0.15, -0.1) is 10.2 Å². The van der Waals surface area contributed by atoms with Gasteiger partial charge in [0.1, 0.15) is 26.1 Å². The first-order valence-corrected chi connectivity index (χ1v) is 17.4. The Morgan fingerprint density at radius 3 is 1.78 bits per heavy atom. The molecule has 0 aliphatic heterocycles. The fourth-order valence-corrected chi connectivity index (χ4v) is 6.54. The van der Waals surface area contributed by atoms with Crippen LogP contribution in [0.15, 0.2) is 94.6 Å². The summed E-state index contributed by atoms with van der Waals surface area (Å²) in [5.41, 5.74) is 4.09. The number of aryl methyl sites for hydroxylation is 1. The Kier molecular flexibility index (Phi) is 8.55. The second-order valence-electron chi connectivity index (χ2n) is 9.05. The summed E-state index contributed by atoms with van der Waals surface area (Å²) in [7, 11) is -19.8. The zero-order valence-corrected chi connectivity index (χ0v) is 25.5. The van der Waals surface area contributed by atoms with E-state index >= 15 is 0 Å². The third-order valence-corrected chi connectivity index (χ3v) is 9.56. The Hall–Kier alpha value is -4.42. The molecule has 0 aromatic heterocycles. The second kappa shape index (κ2) is 11.5. The molecule has 0 saturated heterocycles. The predicted octanol–water partition coefficient (Wildman–Crippen LogP) is 4.25. The summed E-state index contributed by atoms with van der Waals surface area (Å²) in [6, 6.07) is 8.71. The second-order valence-corrected chi connectivity index (χ2v) is 14.6. The van der Waals surface area contributed by atoms with E-state index in [1.165, 1.54) is 25.1 Å². The minimum absolute atomic E-state index is 0.00941. The first-order valence-electron chi connectivity index (χ1n) is 11.7. The summed E-state index contributed by atoms with van der Waals surface area (Å²) < 4.78 is 132. The molecule has 18 nitrogen and oxygen atoms in total. The monoisotopic (exact) mass is 701 g/mol. The van der Waals surface area contributed by atoms with Crippen LogP contribution < -0.4 is 5.73 Å². The van der Waals surface area contributed by atoms with Gasteiger partial charge in [-0.3, -0.25) is 18.2 Å². The Labute approximate surface area is 254 Å². The quantitative estimate of drug-likeness (QED) is 0.0850. The normalized spacial score (nSPS) is 13.3. The number of phenolic OH excluding ortho intramolecular Hbond substituents is 1. The van der Waals surface area contributed by atoms with E-state index in [0.717, 1.165) is 18.2 Å². The van der Waals surface area contributed by atoms with Crippen LogP contribution in [0.4, 0.5) is 28.4 Å². The van der Waals surface area contributed by atoms with Crippen molar-refractivity contribution in [3.8, 4) is 5.75 Å². The first-order chi connectivity index (χ1) is 20.6. The number of nitrogens with zero attached hydrogens (tertiary/aromatic N) is 4. The van der Waals surface area contributed by atoms with Crippen LogP contribution in [0.3, 0.4) is 0 Å². The van der Waals surface area contributed by atoms with E-state index in [1.54, 1.807) is 0 Å². The largest absolute Gasteiger partial charge is 0.505 e. The van der Waals surface area contributed by atoms with Gasteiger partial charge >= 0.3 is 0 Å². The molecular weight excluding hydrogens is 683 g/mol. The van der Waals surface area contributed by atoms with Crippen molar-refractivity contribution in [2.45, 2.75) is 26.5 Å². The van der Waals surface area contributed by atoms with Crippen molar-refractivity contribution in [2.75, 3.05) is 5.73 Å². The average Bonchev–Trinajstić information content (AvgIpc) is 2.89. The molecule has 0 saturated carbocycles. The molecule has 0 bridgehead atoms. The van der Waals surface area contributed by atoms with Crippen molar-refractivity contribution in [3.05, 3.63) is 60.2 Å². The highest BCUT2D eigenvalue weighted by atomic mass is 32.2. The predicted molar refractivity (Wildman–Crippen MR) is 155 cm³/mol. The number of nitrogen functional groups attached to an aromatic ring is 1. The minimum Gasteiger partial charge on any atom is -0.505 e. The third kappa shape index (κ3) is 7.12. The molecule has 4 aromatic carbocycles. The molecule has 0 aliphatic carbocycles. The third-order valence-electron chi connectivity index (χ3n) is 5.97. The molecule has 4 aromatic rings. The zero-order chi connectivity index (χ0) is 33.7. The molecule has 0 atom stereocenters. The molecule has 0 fully saturated rings. The van der Waals surface area contributed by atoms with E-state index in [9.17, 15) is 57.0 Å². The molecule has 0 unspecified atom stereocenters. The van der Waals surface area contributed by atoms with E-state index in [1.807, 2.05) is 0 Å². The van der Waals surface area contributed by atoms with E-state index < -0.39 is 88.3 Å². The maximum Gasteiger partial charge on any atom is 0.297 e. The van der Waals surface area contributed by atoms with Gasteiger partial charge in [-0.2, -0.15) is 43.9 Å². The summed E-state index contributed by atoms with van der Waals surface area (Å²) in [6.07, 6.45) is 0. The van der Waals surface area contributed by atoms with Crippen LogP contribution in [0.1, 0.15) is 5.56 Å². The number of fused-ring (bicyclic) bond motifs is 1. The number of azo groups is 2. The molecule has 0 heterocycles. The lowest BCUT2D eigenvalue weighted by atomic mass is 10.1. The number of anilines is 1. The van der Waals surface area contributed by atoms with Crippen LogP contribution in [0.25, 0.3) is 10.8 Å². The fraction of sp³-hybridized carbons (Fsp3) is 0.0435. The molecule has 0 radical (unpaired) electrons. The van der Waals surface area contributed by atoms with Gasteiger partial charge in [0.05, 0.1) is 22.0 Å². The van der Waals surface area contributed by atoms with Crippen LogP contribution >= 0.6 is 0 Å². The van der Waals surface area contributed by atoms with Crippen LogP contribution in [-0.2, 0) is 40.5 Å². The molecule has 22 heteroatoms. The molecule has 0 aliphatic rings. The maximum atomic E-state index is 12.1. The van der Waals surface area contributed by atoms with E-state index in [-0.39, 0.29) is 16.8 Å². The van der Waals surface area contributed by atoms with E-state index in [4.69, 9.17) is 5.73 Å². The van der Waals surface area contributed by atoms with Gasteiger partial charge in [0.25, 0.3) is 40.5 Å². The summed E-state index contributed by atoms with van der Waals surface area (Å²) in [5.74, 6) is -0.933. The number of hydrogen-bond donors (Lipinski definition) is 6. The number of phenols is 1. The summed E-state index contributed by atoms with van der Waals surface area (Å²) in [6.45, 7) is 1.48. The lowest BCUT2D eigenvalue weighted by Gasteiger charge is -2.12. The van der Waals surface area contributed by atoms with Gasteiger partial charge in [-0.25, -0.2) is 0 Å². The van der Waals surface area contributed by atoms with Gasteiger partial charge in [-0.05, 0) is 67.1 Å². The van der Waals surface area contributed by atoms with Gasteiger partial charge in [0.2, 0.25) is 0 Å². The topological polar surface area (TPSA) is 313 Å². The number of aromatic hydroxyl groups is 1. The standard InChI is InChI=1S/C23H19N5O13S4/c1-11-8-12(2-6-17(11)26-27-18-9-13(42(30,31)32)3-7-19(18)43(33,34)35)25-28-21-20(44(36,37)38)10-15-14(22(21)29)4-5-16(24)23(15)45(39,40)41/h2-10,29H,24H2,1H3,(H,30,31,32)(H,33,34,35)(H,36,37,38)(H,39,40,41)/b27-26+,28-25+. The average molecular weight is 702 g/mol. The number of hydrogen-bond acceptors (Lipinski definition) is 14. The SMILES string of the molecule is Cc1cc(/N=N/c2c(S(=O)(=O)O)cc3c(S(=O)(=O)O)c(N)ccc3c2O)ccc1/N=N/c1cc(S(=O)(=O)O)ccc1S(=O)(=O)O. The smallest absolute Gasteiger partial charge is 0.297 e. The molecule has 0 spiro atoms. The fourth-order valence-electron chi connectivity index (χ4n) is 3.97. The molecule has 7 N–H and O–H groups in total. The molecule has 45 heavy (non-hydrogen) atoms. The zero-order valence-electron chi connectivity index (χ0n) is 22.2. The highest BCUT2D eigenvalue weighted by molar-refractivity contribution is 7.87. The van der Waals surface area contributed by atoms with E-state index in [2.05, 4.69) is 20.5 Å². The van der Waals surface area contributed by atoms with Crippen molar-refractivity contribution >= 4 is 79.7 Å². The summed E-state index contributed by atoms with van der Waals surface area (Å²) >= 11 is 0. The highest BCUT2D eigenvalue weighted by Gasteiger charge is 2.27. The van der Waals surface area contributed by atoms with E-state index in [0.29, 0.717) is 23.8 Å². The molecule has 0 amide bonds. The number of benzene rings is 4. The maximum absolute atomic E-state index is 12.1. The van der Waals surface area contributed by atoms with Crippen LogP contribution in [0.5, 0.6) is 5.75 Å². The Balaban J connectivity index is 1.78. The van der Waals surface area contributed by atoms with Crippen LogP contribution in [-0.4, -0.2) is 57.0 Å². The molecule has 4 rings (SSSR count). The summed E-state index contributed by atoms with van der Waals surface area (Å²) in [5, 5.41) is 25.0. The lowest BCUT2D eigenvalue weighted by Crippen LogP contribution is -2.06. The Bertz CT molecular complexity index is 2410.